The largest absolute Gasteiger partial charge is 0.354 e. The minimum absolute atomic E-state index is 0.0312. The van der Waals surface area contributed by atoms with Crippen LogP contribution in [0.3, 0.4) is 0 Å². The first-order valence-electron chi connectivity index (χ1n) is 12.1. The van der Waals surface area contributed by atoms with E-state index in [0.717, 1.165) is 19.1 Å². The first-order valence-corrected chi connectivity index (χ1v) is 15.1. The zero-order valence-electron chi connectivity index (χ0n) is 21.6. The summed E-state index contributed by atoms with van der Waals surface area (Å²) in [5, 5.41) is 4.18. The molecule has 1 atom stereocenters. The highest BCUT2D eigenvalue weighted by Gasteiger charge is 2.27. The highest BCUT2D eigenvalue weighted by molar-refractivity contribution is 7.92. The number of hydrogen-bond acceptors (Lipinski definition) is 4. The lowest BCUT2D eigenvalue weighted by Gasteiger charge is -2.30. The number of carbonyl (C=O) groups is 2. The van der Waals surface area contributed by atoms with Gasteiger partial charge in [0.05, 0.1) is 11.9 Å². The van der Waals surface area contributed by atoms with Crippen LogP contribution in [0, 0.1) is 6.92 Å². The molecule has 0 aliphatic heterocycles. The summed E-state index contributed by atoms with van der Waals surface area (Å²) in [5.74, 6) is -0.556. The average Bonchev–Trinajstić information content (AvgIpc) is 2.82. The Morgan fingerprint density at radius 2 is 1.76 bits per heavy atom. The van der Waals surface area contributed by atoms with E-state index < -0.39 is 16.1 Å². The van der Waals surface area contributed by atoms with Crippen LogP contribution in [0.25, 0.3) is 0 Å². The molecule has 0 aliphatic carbocycles. The normalized spacial score (nSPS) is 12.2. The number of benzene rings is 2. The van der Waals surface area contributed by atoms with Gasteiger partial charge in [-0.25, -0.2) is 8.42 Å². The molecule has 2 rings (SSSR count). The topological polar surface area (TPSA) is 86.8 Å². The Kier molecular flexibility index (Phi) is 12.0. The molecule has 204 valence electrons. The number of unbranched alkanes of at least 4 members (excludes halogenated alkanes) is 1. The van der Waals surface area contributed by atoms with E-state index in [0.29, 0.717) is 38.4 Å². The van der Waals surface area contributed by atoms with Crippen molar-refractivity contribution in [2.24, 2.45) is 0 Å². The lowest BCUT2D eigenvalue weighted by molar-refractivity contribution is -0.140. The Morgan fingerprint density at radius 3 is 2.38 bits per heavy atom. The van der Waals surface area contributed by atoms with E-state index in [1.807, 2.05) is 6.92 Å². The number of nitrogens with one attached hydrogen (secondary N) is 1. The van der Waals surface area contributed by atoms with E-state index in [1.54, 1.807) is 50.2 Å². The molecule has 0 radical (unpaired) electrons. The first-order chi connectivity index (χ1) is 17.4. The van der Waals surface area contributed by atoms with Crippen molar-refractivity contribution in [3.63, 3.8) is 0 Å². The summed E-state index contributed by atoms with van der Waals surface area (Å²) >= 11 is 18.6. The first kappa shape index (κ1) is 31.2. The highest BCUT2D eigenvalue weighted by Crippen LogP contribution is 2.29. The average molecular weight is 591 g/mol. The van der Waals surface area contributed by atoms with Gasteiger partial charge in [-0.05, 0) is 62.1 Å². The second-order valence-electron chi connectivity index (χ2n) is 8.90. The van der Waals surface area contributed by atoms with Crippen molar-refractivity contribution >= 4 is 62.3 Å². The number of halogens is 3. The van der Waals surface area contributed by atoms with Crippen molar-refractivity contribution in [2.75, 3.05) is 23.7 Å². The van der Waals surface area contributed by atoms with Gasteiger partial charge < -0.3 is 10.2 Å². The molecule has 37 heavy (non-hydrogen) atoms. The Morgan fingerprint density at radius 1 is 1.05 bits per heavy atom. The number of rotatable bonds is 13. The van der Waals surface area contributed by atoms with Gasteiger partial charge in [0.15, 0.2) is 0 Å². The maximum Gasteiger partial charge on any atom is 0.242 e. The van der Waals surface area contributed by atoms with E-state index in [-0.39, 0.29) is 37.7 Å². The molecule has 2 amide bonds. The van der Waals surface area contributed by atoms with Crippen molar-refractivity contribution in [1.82, 2.24) is 10.2 Å². The smallest absolute Gasteiger partial charge is 0.242 e. The monoisotopic (exact) mass is 589 g/mol. The van der Waals surface area contributed by atoms with Gasteiger partial charge in [-0.3, -0.25) is 13.9 Å². The zero-order chi connectivity index (χ0) is 27.8. The van der Waals surface area contributed by atoms with Crippen LogP contribution in [0.1, 0.15) is 50.7 Å². The molecule has 1 N–H and O–H groups in total. The summed E-state index contributed by atoms with van der Waals surface area (Å²) in [6, 6.07) is 9.29. The molecule has 0 aliphatic rings. The van der Waals surface area contributed by atoms with Crippen molar-refractivity contribution in [3.05, 3.63) is 62.6 Å². The summed E-state index contributed by atoms with van der Waals surface area (Å²) in [4.78, 5) is 27.6. The van der Waals surface area contributed by atoms with Gasteiger partial charge in [-0.15, -0.1) is 0 Å². The molecule has 0 aromatic heterocycles. The lowest BCUT2D eigenvalue weighted by atomic mass is 10.1. The zero-order valence-corrected chi connectivity index (χ0v) is 24.6. The second-order valence-corrected chi connectivity index (χ2v) is 12.1. The summed E-state index contributed by atoms with van der Waals surface area (Å²) < 4.78 is 26.3. The Balaban J connectivity index is 2.22. The van der Waals surface area contributed by atoms with Crippen LogP contribution in [-0.4, -0.2) is 50.5 Å². The molecule has 11 heteroatoms. The number of nitrogens with zero attached hydrogens (tertiary/aromatic N) is 2. The summed E-state index contributed by atoms with van der Waals surface area (Å²) in [5.41, 5.74) is 1.76. The third-order valence-electron chi connectivity index (χ3n) is 6.01. The highest BCUT2D eigenvalue weighted by atomic mass is 35.5. The SMILES string of the molecule is CCCCNC(=O)C(C)N(Cc1ccc(Cl)cc1Cl)C(=O)CCCN(c1cccc(Cl)c1C)S(C)(=O)=O. The third-order valence-corrected chi connectivity index (χ3v) is 8.19. The summed E-state index contributed by atoms with van der Waals surface area (Å²) in [6.07, 6.45) is 3.16. The maximum atomic E-state index is 13.4. The molecule has 7 nitrogen and oxygen atoms in total. The van der Waals surface area contributed by atoms with E-state index in [2.05, 4.69) is 5.32 Å². The molecule has 1 unspecified atom stereocenters. The van der Waals surface area contributed by atoms with Gasteiger partial charge in [-0.2, -0.15) is 0 Å². The summed E-state index contributed by atoms with van der Waals surface area (Å²) in [7, 11) is -3.62. The summed E-state index contributed by atoms with van der Waals surface area (Å²) in [6.45, 7) is 6.15. The van der Waals surface area contributed by atoms with Crippen LogP contribution in [0.15, 0.2) is 36.4 Å². The van der Waals surface area contributed by atoms with Crippen LogP contribution >= 0.6 is 34.8 Å². The van der Waals surface area contributed by atoms with Gasteiger partial charge in [-0.1, -0.05) is 60.3 Å². The molecule has 0 spiro atoms. The van der Waals surface area contributed by atoms with Gasteiger partial charge in [0, 0.05) is 41.1 Å². The van der Waals surface area contributed by atoms with Crippen molar-refractivity contribution in [1.29, 1.82) is 0 Å². The number of amides is 2. The lowest BCUT2D eigenvalue weighted by Crippen LogP contribution is -2.48. The van der Waals surface area contributed by atoms with Crippen molar-refractivity contribution in [2.45, 2.75) is 59.0 Å². The van der Waals surface area contributed by atoms with Crippen LogP contribution in [0.2, 0.25) is 15.1 Å². The predicted octanol–water partition coefficient (Wildman–Crippen LogP) is 5.84. The molecule has 2 aromatic rings. The van der Waals surface area contributed by atoms with Gasteiger partial charge in [0.25, 0.3) is 0 Å². The Bertz CT molecular complexity index is 1210. The molecular weight excluding hydrogens is 557 g/mol. The molecule has 2 aromatic carbocycles. The van der Waals surface area contributed by atoms with Gasteiger partial charge in [0.2, 0.25) is 21.8 Å². The van der Waals surface area contributed by atoms with E-state index in [1.165, 1.54) is 9.21 Å². The fourth-order valence-electron chi connectivity index (χ4n) is 3.80. The van der Waals surface area contributed by atoms with E-state index in [9.17, 15) is 18.0 Å². The van der Waals surface area contributed by atoms with Crippen molar-refractivity contribution in [3.8, 4) is 0 Å². The van der Waals surface area contributed by atoms with Crippen LogP contribution in [0.4, 0.5) is 5.69 Å². The molecule has 0 saturated heterocycles. The molecule has 0 bridgehead atoms. The van der Waals surface area contributed by atoms with Crippen molar-refractivity contribution < 1.29 is 18.0 Å². The standard InChI is InChI=1S/C26H34Cl3N3O4S/c1-5-6-14-30-26(34)19(3)31(17-20-12-13-21(27)16-23(20)29)25(33)11-8-15-32(37(4,35)36)24-10-7-9-22(28)18(24)2/h7,9-10,12-13,16,19H,5-6,8,11,14-15,17H2,1-4H3,(H,30,34). The third kappa shape index (κ3) is 9.06. The van der Waals surface area contributed by atoms with Crippen LogP contribution in [-0.2, 0) is 26.2 Å². The van der Waals surface area contributed by atoms with Gasteiger partial charge in [0.1, 0.15) is 6.04 Å². The number of carbonyl (C=O) groups excluding carboxylic acids is 2. The molecule has 0 heterocycles. The fourth-order valence-corrected chi connectivity index (χ4v) is 5.45. The van der Waals surface area contributed by atoms with E-state index >= 15 is 0 Å². The maximum absolute atomic E-state index is 13.4. The van der Waals surface area contributed by atoms with Crippen LogP contribution < -0.4 is 9.62 Å². The minimum atomic E-state index is -3.62. The Labute approximate surface area is 235 Å². The fraction of sp³-hybridized carbons (Fsp3) is 0.462. The molecule has 0 saturated carbocycles. The quantitative estimate of drug-likeness (QED) is 0.297. The van der Waals surface area contributed by atoms with Crippen LogP contribution in [0.5, 0.6) is 0 Å². The Hall–Kier alpha value is -2.00. The predicted molar refractivity (Wildman–Crippen MR) is 152 cm³/mol. The van der Waals surface area contributed by atoms with E-state index in [4.69, 9.17) is 34.8 Å². The molecule has 0 fully saturated rings. The number of hydrogen-bond donors (Lipinski definition) is 1. The second kappa shape index (κ2) is 14.2. The minimum Gasteiger partial charge on any atom is -0.354 e. The van der Waals surface area contributed by atoms with Gasteiger partial charge >= 0.3 is 0 Å². The number of anilines is 1. The number of sulfonamides is 1. The molecular formula is C26H34Cl3N3O4S.